The highest BCUT2D eigenvalue weighted by atomic mass is 16.5. The summed E-state index contributed by atoms with van der Waals surface area (Å²) < 4.78 is 17.1. The summed E-state index contributed by atoms with van der Waals surface area (Å²) >= 11 is 0. The van der Waals surface area contributed by atoms with E-state index in [2.05, 4.69) is 36.1 Å². The summed E-state index contributed by atoms with van der Waals surface area (Å²) in [7, 11) is 1.62. The van der Waals surface area contributed by atoms with Gasteiger partial charge < -0.3 is 34.4 Å². The molecule has 13 heteroatoms. The van der Waals surface area contributed by atoms with Gasteiger partial charge in [-0.2, -0.15) is 10.2 Å². The zero-order valence-corrected chi connectivity index (χ0v) is 24.8. The first-order valence-corrected chi connectivity index (χ1v) is 14.8. The van der Waals surface area contributed by atoms with Crippen LogP contribution in [0.2, 0.25) is 0 Å². The van der Waals surface area contributed by atoms with Crippen molar-refractivity contribution in [2.75, 3.05) is 69.8 Å². The van der Waals surface area contributed by atoms with Gasteiger partial charge in [-0.15, -0.1) is 0 Å². The minimum atomic E-state index is -1.05. The number of nitriles is 1. The average molecular weight is 601 g/mol. The van der Waals surface area contributed by atoms with Gasteiger partial charge in [0.25, 0.3) is 5.91 Å². The maximum absolute atomic E-state index is 12.1. The maximum atomic E-state index is 12.1. The van der Waals surface area contributed by atoms with Crippen molar-refractivity contribution in [1.29, 1.82) is 5.26 Å². The molecule has 1 aromatic carbocycles. The molecule has 1 unspecified atom stereocenters. The molecular weight excluding hydrogens is 564 g/mol. The van der Waals surface area contributed by atoms with Crippen LogP contribution in [0.25, 0.3) is 11.3 Å². The van der Waals surface area contributed by atoms with Crippen molar-refractivity contribution >= 4 is 23.4 Å². The zero-order chi connectivity index (χ0) is 30.6. The number of amides is 1. The monoisotopic (exact) mass is 600 g/mol. The van der Waals surface area contributed by atoms with Gasteiger partial charge in [0.05, 0.1) is 44.2 Å². The number of benzene rings is 1. The third-order valence-electron chi connectivity index (χ3n) is 8.22. The van der Waals surface area contributed by atoms with Crippen LogP contribution in [0.4, 0.5) is 17.5 Å². The Balaban J connectivity index is 1.11. The lowest BCUT2D eigenvalue weighted by Crippen LogP contribution is -2.56. The van der Waals surface area contributed by atoms with Gasteiger partial charge in [0.1, 0.15) is 35.5 Å². The van der Waals surface area contributed by atoms with Crippen LogP contribution >= 0.6 is 0 Å². The quantitative estimate of drug-likeness (QED) is 0.370. The summed E-state index contributed by atoms with van der Waals surface area (Å²) in [6.07, 6.45) is 0.962. The Morgan fingerprint density at radius 1 is 1.14 bits per heavy atom. The molecule has 13 nitrogen and oxygen atoms in total. The number of rotatable bonds is 9. The van der Waals surface area contributed by atoms with Crippen molar-refractivity contribution in [3.63, 3.8) is 0 Å². The summed E-state index contributed by atoms with van der Waals surface area (Å²) in [5, 5.41) is 22.6. The summed E-state index contributed by atoms with van der Waals surface area (Å²) in [4.78, 5) is 32.1. The fourth-order valence-electron chi connectivity index (χ4n) is 5.70. The van der Waals surface area contributed by atoms with Gasteiger partial charge in [-0.3, -0.25) is 9.69 Å². The molecule has 2 aromatic heterocycles. The van der Waals surface area contributed by atoms with Crippen LogP contribution in [0.3, 0.4) is 0 Å². The number of pyridine rings is 1. The van der Waals surface area contributed by atoms with Gasteiger partial charge in [0.2, 0.25) is 11.8 Å². The third kappa shape index (κ3) is 6.37. The number of carbonyl (C=O) groups is 1. The minimum Gasteiger partial charge on any atom is -0.487 e. The van der Waals surface area contributed by atoms with Crippen LogP contribution in [-0.4, -0.2) is 114 Å². The van der Waals surface area contributed by atoms with Crippen molar-refractivity contribution in [1.82, 2.24) is 24.8 Å². The predicted molar refractivity (Wildman–Crippen MR) is 162 cm³/mol. The average Bonchev–Trinajstić information content (AvgIpc) is 3.49. The Hall–Kier alpha value is -4.51. The molecule has 1 amide bonds. The van der Waals surface area contributed by atoms with Gasteiger partial charge in [0.15, 0.2) is 0 Å². The molecule has 5 heterocycles. The number of anilines is 3. The van der Waals surface area contributed by atoms with Crippen LogP contribution in [0.1, 0.15) is 18.9 Å². The number of methoxy groups -OCH3 is 1. The smallest absolute Gasteiger partial charge is 0.251 e. The van der Waals surface area contributed by atoms with E-state index in [-0.39, 0.29) is 12.0 Å². The molecule has 0 radical (unpaired) electrons. The summed E-state index contributed by atoms with van der Waals surface area (Å²) in [6, 6.07) is 13.7. The van der Waals surface area contributed by atoms with E-state index in [0.717, 1.165) is 50.6 Å². The fraction of sp³-hybridized carbons (Fsp3) is 0.452. The highest BCUT2D eigenvalue weighted by Crippen LogP contribution is 2.31. The minimum absolute atomic E-state index is 0.256. The Kier molecular flexibility index (Phi) is 8.74. The lowest BCUT2D eigenvalue weighted by atomic mass is 10.1. The Labute approximate surface area is 256 Å². The predicted octanol–water partition coefficient (Wildman–Crippen LogP) is 2.04. The molecular formula is C31H36N8O5. The van der Waals surface area contributed by atoms with Crippen molar-refractivity contribution < 1.29 is 24.1 Å². The van der Waals surface area contributed by atoms with E-state index in [0.29, 0.717) is 60.2 Å². The topological polar surface area (TPSA) is 149 Å². The second-order valence-electron chi connectivity index (χ2n) is 11.1. The van der Waals surface area contributed by atoms with E-state index >= 15 is 0 Å². The molecule has 3 aromatic rings. The Morgan fingerprint density at radius 3 is 2.66 bits per heavy atom. The van der Waals surface area contributed by atoms with E-state index in [1.54, 1.807) is 36.4 Å². The number of likely N-dealkylation sites (tertiary alicyclic amines) is 1. The van der Waals surface area contributed by atoms with Crippen LogP contribution in [-0.2, 0) is 9.53 Å². The number of aromatic nitrogens is 3. The largest absolute Gasteiger partial charge is 0.487 e. The van der Waals surface area contributed by atoms with Gasteiger partial charge in [-0.1, -0.05) is 0 Å². The molecule has 3 aliphatic heterocycles. The van der Waals surface area contributed by atoms with Gasteiger partial charge in [0, 0.05) is 50.9 Å². The fourth-order valence-corrected chi connectivity index (χ4v) is 5.70. The second kappa shape index (κ2) is 13.0. The number of aliphatic hydroxyl groups is 1. The molecule has 0 aliphatic carbocycles. The highest BCUT2D eigenvalue weighted by Gasteiger charge is 2.31. The van der Waals surface area contributed by atoms with Crippen molar-refractivity contribution in [2.24, 2.45) is 0 Å². The van der Waals surface area contributed by atoms with Gasteiger partial charge in [-0.25, -0.2) is 9.97 Å². The second-order valence-corrected chi connectivity index (χ2v) is 11.1. The van der Waals surface area contributed by atoms with Gasteiger partial charge >= 0.3 is 0 Å². The number of piperazine rings is 1. The highest BCUT2D eigenvalue weighted by molar-refractivity contribution is 5.80. The third-order valence-corrected chi connectivity index (χ3v) is 8.22. The molecule has 2 N–H and O–H groups in total. The van der Waals surface area contributed by atoms with Crippen molar-refractivity contribution in [3.8, 4) is 29.0 Å². The molecule has 0 spiro atoms. The zero-order valence-electron chi connectivity index (χ0n) is 24.8. The van der Waals surface area contributed by atoms with Crippen LogP contribution in [0.15, 0.2) is 42.6 Å². The van der Waals surface area contributed by atoms with Gasteiger partial charge in [-0.05, 0) is 43.3 Å². The standard InChI is InChI=1S/C31H36N8O5/c1-20(40)30(41)39-10-8-24(17-39)44-27-5-3-21(15-22(27)16-32)25-7-9-33-31(34-25)36-28-6-4-26(29(35-28)42-2)38-13-11-37(12-14-38)23-18-43-19-23/h3-7,9,15,20,23-24,40H,8,10-14,17-19H2,1-2H3,(H,33,34,35,36)/t20-,24?/m0/s1. The number of hydrogen-bond acceptors (Lipinski definition) is 12. The first-order chi connectivity index (χ1) is 21.4. The van der Waals surface area contributed by atoms with Crippen LogP contribution in [0, 0.1) is 11.3 Å². The normalized spacial score (nSPS) is 19.6. The SMILES string of the molecule is COc1nc(Nc2nccc(-c3ccc(OC4CCN(C(=O)[C@H](C)O)C4)c(C#N)c3)n2)ccc1N1CCN(C2COC2)CC1. The maximum Gasteiger partial charge on any atom is 0.251 e. The van der Waals surface area contributed by atoms with Crippen molar-refractivity contribution in [3.05, 3.63) is 48.2 Å². The summed E-state index contributed by atoms with van der Waals surface area (Å²) in [5.41, 5.74) is 2.66. The number of nitrogens with one attached hydrogen (secondary N) is 1. The van der Waals surface area contributed by atoms with E-state index in [4.69, 9.17) is 14.2 Å². The number of ether oxygens (including phenoxy) is 3. The molecule has 6 rings (SSSR count). The van der Waals surface area contributed by atoms with Crippen LogP contribution in [0.5, 0.6) is 11.6 Å². The molecule has 0 bridgehead atoms. The number of carbonyl (C=O) groups excluding carboxylic acids is 1. The lowest BCUT2D eigenvalue weighted by molar-refractivity contribution is -0.138. The van der Waals surface area contributed by atoms with E-state index in [9.17, 15) is 15.2 Å². The molecule has 44 heavy (non-hydrogen) atoms. The lowest BCUT2D eigenvalue weighted by Gasteiger charge is -2.43. The van der Waals surface area contributed by atoms with Crippen molar-refractivity contribution in [2.45, 2.75) is 31.6 Å². The first-order valence-electron chi connectivity index (χ1n) is 14.8. The molecule has 3 saturated heterocycles. The van der Waals surface area contributed by atoms with Crippen LogP contribution < -0.4 is 19.7 Å². The van der Waals surface area contributed by atoms with E-state index < -0.39 is 6.10 Å². The number of nitrogens with zero attached hydrogens (tertiary/aromatic N) is 7. The molecule has 0 saturated carbocycles. The number of hydrogen-bond donors (Lipinski definition) is 2. The summed E-state index contributed by atoms with van der Waals surface area (Å²) in [5.74, 6) is 1.55. The first kappa shape index (κ1) is 29.6. The van der Waals surface area contributed by atoms with E-state index in [1.165, 1.54) is 6.92 Å². The molecule has 3 fully saturated rings. The molecule has 230 valence electrons. The Morgan fingerprint density at radius 2 is 1.95 bits per heavy atom. The molecule has 3 aliphatic rings. The Bertz CT molecular complexity index is 1530. The van der Waals surface area contributed by atoms with E-state index in [1.807, 2.05) is 18.2 Å². The number of aliphatic hydroxyl groups excluding tert-OH is 1. The summed E-state index contributed by atoms with van der Waals surface area (Å²) in [6.45, 7) is 7.70. The molecule has 2 atom stereocenters.